The molecule has 0 spiro atoms. The minimum absolute atomic E-state index is 0.214. The SMILES string of the molecule is Cc1ccc(S(=O)(=O)CCCCCCCCCCCS(=O)(=O)c2ccc(C)cc2)cc1. The molecule has 31 heavy (non-hydrogen) atoms. The van der Waals surface area contributed by atoms with Crippen molar-refractivity contribution in [1.29, 1.82) is 0 Å². The van der Waals surface area contributed by atoms with E-state index in [0.717, 1.165) is 56.1 Å². The summed E-state index contributed by atoms with van der Waals surface area (Å²) in [5.74, 6) is 0.428. The fourth-order valence-electron chi connectivity index (χ4n) is 3.55. The van der Waals surface area contributed by atoms with Gasteiger partial charge in [-0.3, -0.25) is 0 Å². The van der Waals surface area contributed by atoms with E-state index in [1.807, 2.05) is 38.1 Å². The van der Waals surface area contributed by atoms with Crippen LogP contribution in [0.3, 0.4) is 0 Å². The van der Waals surface area contributed by atoms with Crippen molar-refractivity contribution in [2.45, 2.75) is 81.4 Å². The average Bonchev–Trinajstić information content (AvgIpc) is 2.72. The monoisotopic (exact) mass is 464 g/mol. The Morgan fingerprint density at radius 1 is 0.452 bits per heavy atom. The third-order valence-corrected chi connectivity index (χ3v) is 9.22. The van der Waals surface area contributed by atoms with Crippen molar-refractivity contribution in [2.24, 2.45) is 0 Å². The van der Waals surface area contributed by atoms with Crippen LogP contribution in [0.25, 0.3) is 0 Å². The van der Waals surface area contributed by atoms with E-state index in [1.165, 1.54) is 0 Å². The summed E-state index contributed by atoms with van der Waals surface area (Å²) >= 11 is 0. The van der Waals surface area contributed by atoms with Gasteiger partial charge in [0.05, 0.1) is 21.3 Å². The summed E-state index contributed by atoms with van der Waals surface area (Å²) in [5.41, 5.74) is 2.12. The second-order valence-electron chi connectivity index (χ2n) is 8.45. The molecular formula is C25H36O4S2. The Morgan fingerprint density at radius 3 is 1.00 bits per heavy atom. The fourth-order valence-corrected chi connectivity index (χ4v) is 6.29. The highest BCUT2D eigenvalue weighted by Crippen LogP contribution is 2.17. The van der Waals surface area contributed by atoms with Crippen molar-refractivity contribution in [3.8, 4) is 0 Å². The highest BCUT2D eigenvalue weighted by Gasteiger charge is 2.14. The van der Waals surface area contributed by atoms with E-state index in [0.29, 0.717) is 22.6 Å². The first-order chi connectivity index (χ1) is 14.7. The van der Waals surface area contributed by atoms with Gasteiger partial charge in [-0.05, 0) is 51.0 Å². The Morgan fingerprint density at radius 2 is 0.710 bits per heavy atom. The zero-order valence-electron chi connectivity index (χ0n) is 18.8. The molecule has 0 radical (unpaired) electrons. The van der Waals surface area contributed by atoms with Crippen molar-refractivity contribution >= 4 is 19.7 Å². The van der Waals surface area contributed by atoms with Gasteiger partial charge in [0.1, 0.15) is 0 Å². The lowest BCUT2D eigenvalue weighted by atomic mass is 10.1. The van der Waals surface area contributed by atoms with Crippen LogP contribution in [0.2, 0.25) is 0 Å². The first kappa shape index (κ1) is 25.6. The molecule has 0 saturated carbocycles. The van der Waals surface area contributed by atoms with E-state index in [-0.39, 0.29) is 11.5 Å². The molecule has 0 saturated heterocycles. The minimum Gasteiger partial charge on any atom is -0.224 e. The van der Waals surface area contributed by atoms with Gasteiger partial charge in [0.15, 0.2) is 19.7 Å². The van der Waals surface area contributed by atoms with Crippen LogP contribution in [0.5, 0.6) is 0 Å². The maximum atomic E-state index is 12.3. The average molecular weight is 465 g/mol. The number of unbranched alkanes of at least 4 members (excludes halogenated alkanes) is 8. The summed E-state index contributed by atoms with van der Waals surface area (Å²) in [6.07, 6.45) is 8.68. The first-order valence-corrected chi connectivity index (χ1v) is 14.6. The molecule has 0 atom stereocenters. The lowest BCUT2D eigenvalue weighted by Crippen LogP contribution is -2.06. The number of aryl methyl sites for hydroxylation is 2. The number of hydrogen-bond acceptors (Lipinski definition) is 4. The van der Waals surface area contributed by atoms with E-state index in [2.05, 4.69) is 0 Å². The number of benzene rings is 2. The smallest absolute Gasteiger partial charge is 0.178 e. The van der Waals surface area contributed by atoms with Crippen LogP contribution in [0.4, 0.5) is 0 Å². The van der Waals surface area contributed by atoms with E-state index in [4.69, 9.17) is 0 Å². The number of rotatable bonds is 14. The molecule has 4 nitrogen and oxygen atoms in total. The van der Waals surface area contributed by atoms with Gasteiger partial charge in [-0.1, -0.05) is 80.3 Å². The molecule has 0 aliphatic carbocycles. The number of sulfone groups is 2. The molecule has 0 N–H and O–H groups in total. The Kier molecular flexibility index (Phi) is 10.2. The van der Waals surface area contributed by atoms with Crippen LogP contribution < -0.4 is 0 Å². The van der Waals surface area contributed by atoms with Gasteiger partial charge >= 0.3 is 0 Å². The van der Waals surface area contributed by atoms with E-state index < -0.39 is 19.7 Å². The Labute approximate surface area is 188 Å². The van der Waals surface area contributed by atoms with Crippen molar-refractivity contribution < 1.29 is 16.8 Å². The zero-order chi connectivity index (χ0) is 22.7. The molecule has 2 aromatic carbocycles. The first-order valence-electron chi connectivity index (χ1n) is 11.3. The van der Waals surface area contributed by atoms with Crippen molar-refractivity contribution in [3.05, 3.63) is 59.7 Å². The molecule has 172 valence electrons. The van der Waals surface area contributed by atoms with Gasteiger partial charge in [-0.15, -0.1) is 0 Å². The van der Waals surface area contributed by atoms with E-state index >= 15 is 0 Å². The van der Waals surface area contributed by atoms with Crippen LogP contribution in [-0.4, -0.2) is 28.3 Å². The van der Waals surface area contributed by atoms with E-state index in [1.54, 1.807) is 24.3 Å². The second-order valence-corrected chi connectivity index (χ2v) is 12.7. The van der Waals surface area contributed by atoms with Gasteiger partial charge in [0.25, 0.3) is 0 Å². The Bertz CT molecular complexity index is 907. The molecular weight excluding hydrogens is 428 g/mol. The van der Waals surface area contributed by atoms with Crippen LogP contribution in [0.1, 0.15) is 68.9 Å². The second kappa shape index (κ2) is 12.4. The standard InChI is InChI=1S/C25H36O4S2/c1-22-12-16-24(17-13-22)30(26,27)20-10-8-6-4-3-5-7-9-11-21-31(28,29)25-18-14-23(2)15-19-25/h12-19H,3-11,20-21H2,1-2H3. The van der Waals surface area contributed by atoms with Gasteiger partial charge in [0, 0.05) is 0 Å². The summed E-state index contributed by atoms with van der Waals surface area (Å²) < 4.78 is 49.2. The quantitative estimate of drug-likeness (QED) is 0.319. The van der Waals surface area contributed by atoms with Crippen molar-refractivity contribution in [1.82, 2.24) is 0 Å². The highest BCUT2D eigenvalue weighted by atomic mass is 32.2. The molecule has 0 aliphatic heterocycles. The maximum Gasteiger partial charge on any atom is 0.178 e. The summed E-state index contributed by atoms with van der Waals surface area (Å²) in [6.45, 7) is 3.90. The molecule has 2 rings (SSSR count). The summed E-state index contributed by atoms with van der Waals surface area (Å²) in [4.78, 5) is 0.838. The molecule has 0 unspecified atom stereocenters. The molecule has 6 heteroatoms. The van der Waals surface area contributed by atoms with Crippen molar-refractivity contribution in [2.75, 3.05) is 11.5 Å². The van der Waals surface area contributed by atoms with Crippen LogP contribution in [-0.2, 0) is 19.7 Å². The lowest BCUT2D eigenvalue weighted by Gasteiger charge is -2.06. The van der Waals surface area contributed by atoms with Gasteiger partial charge in [-0.2, -0.15) is 0 Å². The van der Waals surface area contributed by atoms with Gasteiger partial charge in [0.2, 0.25) is 0 Å². The molecule has 0 fully saturated rings. The Balaban J connectivity index is 1.50. The Hall–Kier alpha value is -1.66. The largest absolute Gasteiger partial charge is 0.224 e. The van der Waals surface area contributed by atoms with Gasteiger partial charge < -0.3 is 0 Å². The summed E-state index contributed by atoms with van der Waals surface area (Å²) in [7, 11) is -6.34. The zero-order valence-corrected chi connectivity index (χ0v) is 20.5. The topological polar surface area (TPSA) is 68.3 Å². The molecule has 2 aromatic rings. The third-order valence-electron chi connectivity index (χ3n) is 5.59. The van der Waals surface area contributed by atoms with Crippen LogP contribution >= 0.6 is 0 Å². The number of hydrogen-bond donors (Lipinski definition) is 0. The molecule has 0 amide bonds. The third kappa shape index (κ3) is 9.16. The normalized spacial score (nSPS) is 12.2. The molecule has 0 bridgehead atoms. The maximum absolute atomic E-state index is 12.3. The van der Waals surface area contributed by atoms with Crippen LogP contribution in [0.15, 0.2) is 58.3 Å². The lowest BCUT2D eigenvalue weighted by molar-refractivity contribution is 0.561. The summed E-state index contributed by atoms with van der Waals surface area (Å²) in [5, 5.41) is 0. The summed E-state index contributed by atoms with van der Waals surface area (Å²) in [6, 6.07) is 14.1. The molecule has 0 aliphatic rings. The fraction of sp³-hybridized carbons (Fsp3) is 0.520. The van der Waals surface area contributed by atoms with Gasteiger partial charge in [-0.25, -0.2) is 16.8 Å². The van der Waals surface area contributed by atoms with E-state index in [9.17, 15) is 16.8 Å². The minimum atomic E-state index is -3.17. The van der Waals surface area contributed by atoms with Crippen LogP contribution in [0, 0.1) is 13.8 Å². The molecule has 0 aromatic heterocycles. The predicted molar refractivity (Wildman–Crippen MR) is 128 cm³/mol. The predicted octanol–water partition coefficient (Wildman–Crippen LogP) is 6.06. The highest BCUT2D eigenvalue weighted by molar-refractivity contribution is 7.91. The molecule has 0 heterocycles. The van der Waals surface area contributed by atoms with Crippen molar-refractivity contribution in [3.63, 3.8) is 0 Å².